The van der Waals surface area contributed by atoms with Gasteiger partial charge in [-0.25, -0.2) is 4.79 Å². The molecule has 0 spiro atoms. The lowest BCUT2D eigenvalue weighted by molar-refractivity contribution is 0.0366. The van der Waals surface area contributed by atoms with E-state index in [1.54, 1.807) is 31.7 Å². The van der Waals surface area contributed by atoms with Crippen LogP contribution in [-0.4, -0.2) is 22.9 Å². The Morgan fingerprint density at radius 1 is 1.57 bits per heavy atom. The molecule has 1 heterocycles. The van der Waals surface area contributed by atoms with Gasteiger partial charge in [0, 0.05) is 18.8 Å². The van der Waals surface area contributed by atoms with Crippen LogP contribution < -0.4 is 0 Å². The first-order chi connectivity index (χ1) is 6.54. The number of carbonyl (C=O) groups is 2. The molecule has 0 aliphatic heterocycles. The Hall–Kier alpha value is -1.58. The summed E-state index contributed by atoms with van der Waals surface area (Å²) in [5.74, 6) is -0.407. The van der Waals surface area contributed by atoms with Crippen LogP contribution in [0.3, 0.4) is 0 Å². The van der Waals surface area contributed by atoms with Crippen LogP contribution in [0.25, 0.3) is 0 Å². The standard InChI is InChI=1S/C10H13NO3/c1-7(2)14-10(13)9-4-8(6-12)5-11(9)3/h4-7H,1-3H3. The largest absolute Gasteiger partial charge is 0.458 e. The smallest absolute Gasteiger partial charge is 0.355 e. The summed E-state index contributed by atoms with van der Waals surface area (Å²) < 4.78 is 6.58. The fourth-order valence-electron chi connectivity index (χ4n) is 1.13. The Morgan fingerprint density at radius 3 is 2.64 bits per heavy atom. The lowest BCUT2D eigenvalue weighted by atomic mass is 10.3. The van der Waals surface area contributed by atoms with Crippen molar-refractivity contribution < 1.29 is 14.3 Å². The van der Waals surface area contributed by atoms with E-state index < -0.39 is 5.97 Å². The quantitative estimate of drug-likeness (QED) is 0.541. The zero-order chi connectivity index (χ0) is 10.7. The number of aromatic nitrogens is 1. The summed E-state index contributed by atoms with van der Waals surface area (Å²) >= 11 is 0. The molecule has 14 heavy (non-hydrogen) atoms. The van der Waals surface area contributed by atoms with Gasteiger partial charge in [-0.2, -0.15) is 0 Å². The molecule has 0 radical (unpaired) electrons. The summed E-state index contributed by atoms with van der Waals surface area (Å²) in [6.45, 7) is 3.56. The van der Waals surface area contributed by atoms with Gasteiger partial charge in [0.2, 0.25) is 0 Å². The van der Waals surface area contributed by atoms with Crippen LogP contribution in [0.2, 0.25) is 0 Å². The summed E-state index contributed by atoms with van der Waals surface area (Å²) in [5.41, 5.74) is 0.865. The van der Waals surface area contributed by atoms with Crippen molar-refractivity contribution in [2.24, 2.45) is 7.05 Å². The summed E-state index contributed by atoms with van der Waals surface area (Å²) in [6.07, 6.45) is 2.13. The molecule has 0 fully saturated rings. The van der Waals surface area contributed by atoms with Gasteiger partial charge in [-0.1, -0.05) is 0 Å². The van der Waals surface area contributed by atoms with Crippen LogP contribution in [0.5, 0.6) is 0 Å². The molecule has 76 valence electrons. The minimum atomic E-state index is -0.407. The Morgan fingerprint density at radius 2 is 2.21 bits per heavy atom. The third kappa shape index (κ3) is 2.22. The zero-order valence-corrected chi connectivity index (χ0v) is 8.48. The van der Waals surface area contributed by atoms with Crippen molar-refractivity contribution in [2.45, 2.75) is 20.0 Å². The lowest BCUT2D eigenvalue weighted by Gasteiger charge is -2.07. The second kappa shape index (κ2) is 4.09. The van der Waals surface area contributed by atoms with Crippen LogP contribution in [-0.2, 0) is 11.8 Å². The lowest BCUT2D eigenvalue weighted by Crippen LogP contribution is -2.14. The van der Waals surface area contributed by atoms with E-state index in [0.29, 0.717) is 17.5 Å². The third-order valence-corrected chi connectivity index (χ3v) is 1.71. The highest BCUT2D eigenvalue weighted by Gasteiger charge is 2.13. The molecule has 0 aliphatic rings. The molecule has 0 saturated heterocycles. The van der Waals surface area contributed by atoms with Crippen molar-refractivity contribution in [3.05, 3.63) is 23.5 Å². The highest BCUT2D eigenvalue weighted by Crippen LogP contribution is 2.07. The molecule has 4 heteroatoms. The van der Waals surface area contributed by atoms with Gasteiger partial charge in [0.15, 0.2) is 6.29 Å². The third-order valence-electron chi connectivity index (χ3n) is 1.71. The molecule has 0 aliphatic carbocycles. The van der Waals surface area contributed by atoms with Gasteiger partial charge in [-0.15, -0.1) is 0 Å². The van der Waals surface area contributed by atoms with E-state index in [-0.39, 0.29) is 6.10 Å². The number of hydrogen-bond donors (Lipinski definition) is 0. The number of ether oxygens (including phenoxy) is 1. The van der Waals surface area contributed by atoms with Crippen molar-refractivity contribution in [1.29, 1.82) is 0 Å². The van der Waals surface area contributed by atoms with Crippen molar-refractivity contribution in [2.75, 3.05) is 0 Å². The first-order valence-electron chi connectivity index (χ1n) is 4.37. The van der Waals surface area contributed by atoms with Crippen LogP contribution in [0, 0.1) is 0 Å². The van der Waals surface area contributed by atoms with Crippen LogP contribution >= 0.6 is 0 Å². The second-order valence-corrected chi connectivity index (χ2v) is 3.34. The number of nitrogens with zero attached hydrogens (tertiary/aromatic N) is 1. The SMILES string of the molecule is CC(C)OC(=O)c1cc(C=O)cn1C. The summed E-state index contributed by atoms with van der Waals surface area (Å²) in [4.78, 5) is 21.9. The van der Waals surface area contributed by atoms with E-state index in [0.717, 1.165) is 0 Å². The van der Waals surface area contributed by atoms with Crippen LogP contribution in [0.1, 0.15) is 34.7 Å². The Bertz CT molecular complexity index is 352. The maximum absolute atomic E-state index is 11.4. The van der Waals surface area contributed by atoms with E-state index in [9.17, 15) is 9.59 Å². The molecule has 1 aromatic heterocycles. The monoisotopic (exact) mass is 195 g/mol. The van der Waals surface area contributed by atoms with E-state index in [1.807, 2.05) is 0 Å². The molecular formula is C10H13NO3. The fourth-order valence-corrected chi connectivity index (χ4v) is 1.13. The molecule has 0 aromatic carbocycles. The van der Waals surface area contributed by atoms with Crippen molar-refractivity contribution in [3.8, 4) is 0 Å². The molecule has 1 aromatic rings. The number of aldehydes is 1. The number of aryl methyl sites for hydroxylation is 1. The van der Waals surface area contributed by atoms with Crippen LogP contribution in [0.15, 0.2) is 12.3 Å². The minimum Gasteiger partial charge on any atom is -0.458 e. The average molecular weight is 195 g/mol. The molecule has 0 N–H and O–H groups in total. The Balaban J connectivity index is 2.89. The first-order valence-corrected chi connectivity index (χ1v) is 4.37. The Kier molecular flexibility index (Phi) is 3.06. The number of carbonyl (C=O) groups excluding carboxylic acids is 2. The maximum Gasteiger partial charge on any atom is 0.355 e. The molecule has 0 bridgehead atoms. The zero-order valence-electron chi connectivity index (χ0n) is 8.48. The fraction of sp³-hybridized carbons (Fsp3) is 0.400. The number of esters is 1. The highest BCUT2D eigenvalue weighted by molar-refractivity contribution is 5.90. The average Bonchev–Trinajstić information content (AvgIpc) is 2.45. The van der Waals surface area contributed by atoms with Crippen molar-refractivity contribution in [1.82, 2.24) is 4.57 Å². The predicted molar refractivity (Wildman–Crippen MR) is 51.4 cm³/mol. The predicted octanol–water partition coefficient (Wildman–Crippen LogP) is 1.40. The highest BCUT2D eigenvalue weighted by atomic mass is 16.5. The van der Waals surface area contributed by atoms with Gasteiger partial charge in [-0.3, -0.25) is 4.79 Å². The topological polar surface area (TPSA) is 48.3 Å². The van der Waals surface area contributed by atoms with Gasteiger partial charge in [0.1, 0.15) is 5.69 Å². The van der Waals surface area contributed by atoms with E-state index in [2.05, 4.69) is 0 Å². The maximum atomic E-state index is 11.4. The van der Waals surface area contributed by atoms with E-state index in [1.165, 1.54) is 6.07 Å². The molecule has 0 atom stereocenters. The molecular weight excluding hydrogens is 182 g/mol. The van der Waals surface area contributed by atoms with Gasteiger partial charge >= 0.3 is 5.97 Å². The van der Waals surface area contributed by atoms with Crippen molar-refractivity contribution in [3.63, 3.8) is 0 Å². The minimum absolute atomic E-state index is 0.155. The van der Waals surface area contributed by atoms with Gasteiger partial charge in [0.05, 0.1) is 6.10 Å². The summed E-state index contributed by atoms with van der Waals surface area (Å²) in [6, 6.07) is 1.51. The molecule has 0 amide bonds. The number of hydrogen-bond acceptors (Lipinski definition) is 3. The van der Waals surface area contributed by atoms with Gasteiger partial charge in [-0.05, 0) is 19.9 Å². The normalized spacial score (nSPS) is 10.3. The first kappa shape index (κ1) is 10.5. The second-order valence-electron chi connectivity index (χ2n) is 3.34. The summed E-state index contributed by atoms with van der Waals surface area (Å²) in [7, 11) is 1.70. The molecule has 4 nitrogen and oxygen atoms in total. The van der Waals surface area contributed by atoms with E-state index >= 15 is 0 Å². The van der Waals surface area contributed by atoms with Gasteiger partial charge in [0.25, 0.3) is 0 Å². The number of rotatable bonds is 3. The molecule has 1 rings (SSSR count). The molecule has 0 saturated carbocycles. The molecule has 0 unspecified atom stereocenters. The van der Waals surface area contributed by atoms with Crippen molar-refractivity contribution >= 4 is 12.3 Å². The van der Waals surface area contributed by atoms with Crippen LogP contribution in [0.4, 0.5) is 0 Å². The Labute approximate surface area is 82.5 Å². The summed E-state index contributed by atoms with van der Waals surface area (Å²) in [5, 5.41) is 0. The van der Waals surface area contributed by atoms with Gasteiger partial charge < -0.3 is 9.30 Å². The van der Waals surface area contributed by atoms with E-state index in [4.69, 9.17) is 4.74 Å².